The Morgan fingerprint density at radius 2 is 1.94 bits per heavy atom. The molecule has 1 fully saturated rings. The third kappa shape index (κ3) is 3.91. The third-order valence-electron chi connectivity index (χ3n) is 4.37. The lowest BCUT2D eigenvalue weighted by atomic mass is 9.94. The number of aliphatic imine (C=N–C) groups is 1. The lowest BCUT2D eigenvalue weighted by Crippen LogP contribution is -2.38. The molecule has 1 atom stereocenters. The van der Waals surface area contributed by atoms with Crippen molar-refractivity contribution in [2.24, 2.45) is 4.99 Å². The van der Waals surface area contributed by atoms with Crippen LogP contribution in [-0.4, -0.2) is 28.7 Å². The minimum absolute atomic E-state index is 0.524. The number of unbranched alkanes of at least 4 members (excludes halogenated alkanes) is 3. The largest absolute Gasteiger partial charge is 0.347 e. The van der Waals surface area contributed by atoms with Crippen molar-refractivity contribution in [1.82, 2.24) is 4.90 Å². The average molecular weight is 268 g/mol. The first-order chi connectivity index (χ1) is 8.81. The molecule has 104 valence electrons. The van der Waals surface area contributed by atoms with Crippen LogP contribution in [0.4, 0.5) is 0 Å². The number of thiol groups is 1. The molecule has 0 aromatic rings. The van der Waals surface area contributed by atoms with Crippen LogP contribution in [0.15, 0.2) is 4.99 Å². The smallest absolute Gasteiger partial charge is 0.156 e. The van der Waals surface area contributed by atoms with Crippen LogP contribution >= 0.6 is 12.6 Å². The van der Waals surface area contributed by atoms with Gasteiger partial charge in [0.1, 0.15) is 0 Å². The molecule has 0 aromatic heterocycles. The van der Waals surface area contributed by atoms with Gasteiger partial charge in [0.2, 0.25) is 0 Å². The summed E-state index contributed by atoms with van der Waals surface area (Å²) >= 11 is 4.60. The first-order valence-corrected chi connectivity index (χ1v) is 8.29. The van der Waals surface area contributed by atoms with Gasteiger partial charge < -0.3 is 4.90 Å². The van der Waals surface area contributed by atoms with Crippen molar-refractivity contribution in [2.45, 2.75) is 83.2 Å². The van der Waals surface area contributed by atoms with Crippen LogP contribution in [0.1, 0.15) is 71.1 Å². The summed E-state index contributed by atoms with van der Waals surface area (Å²) in [6.45, 7) is 3.40. The molecule has 2 rings (SSSR count). The van der Waals surface area contributed by atoms with Crippen molar-refractivity contribution in [3.63, 3.8) is 0 Å². The van der Waals surface area contributed by atoms with E-state index in [9.17, 15) is 0 Å². The Morgan fingerprint density at radius 1 is 1.17 bits per heavy atom. The molecule has 0 N–H and O–H groups in total. The second-order valence-electron chi connectivity index (χ2n) is 5.88. The fourth-order valence-electron chi connectivity index (χ4n) is 3.25. The Morgan fingerprint density at radius 3 is 2.67 bits per heavy atom. The van der Waals surface area contributed by atoms with Crippen LogP contribution in [0.5, 0.6) is 0 Å². The maximum Gasteiger partial charge on any atom is 0.156 e. The van der Waals surface area contributed by atoms with E-state index in [1.165, 1.54) is 64.2 Å². The fourth-order valence-corrected chi connectivity index (χ4v) is 3.66. The minimum atomic E-state index is 0.524. The van der Waals surface area contributed by atoms with Gasteiger partial charge in [0.15, 0.2) is 5.17 Å². The highest BCUT2D eigenvalue weighted by molar-refractivity contribution is 7.96. The van der Waals surface area contributed by atoms with E-state index in [0.29, 0.717) is 6.04 Å². The molecular formula is C15H28N2S. The highest BCUT2D eigenvalue weighted by atomic mass is 32.1. The number of rotatable bonds is 6. The average Bonchev–Trinajstić information content (AvgIpc) is 2.77. The molecule has 18 heavy (non-hydrogen) atoms. The lowest BCUT2D eigenvalue weighted by molar-refractivity contribution is 0.250. The summed E-state index contributed by atoms with van der Waals surface area (Å²) in [6.07, 6.45) is 13.6. The molecular weight excluding hydrogens is 240 g/mol. The van der Waals surface area contributed by atoms with Crippen LogP contribution in [0.2, 0.25) is 0 Å². The van der Waals surface area contributed by atoms with E-state index in [4.69, 9.17) is 4.99 Å². The van der Waals surface area contributed by atoms with Crippen molar-refractivity contribution in [2.75, 3.05) is 6.54 Å². The summed E-state index contributed by atoms with van der Waals surface area (Å²) < 4.78 is 0. The van der Waals surface area contributed by atoms with Crippen molar-refractivity contribution in [1.29, 1.82) is 0 Å². The van der Waals surface area contributed by atoms with E-state index in [1.807, 2.05) is 0 Å². The Balaban J connectivity index is 1.73. The first kappa shape index (κ1) is 14.2. The third-order valence-corrected chi connectivity index (χ3v) is 4.74. The monoisotopic (exact) mass is 268 g/mol. The second-order valence-corrected chi connectivity index (χ2v) is 6.28. The summed E-state index contributed by atoms with van der Waals surface area (Å²) in [5, 5.41) is 1.02. The zero-order valence-corrected chi connectivity index (χ0v) is 12.7. The quantitative estimate of drug-likeness (QED) is 0.562. The number of nitrogens with zero attached hydrogens (tertiary/aromatic N) is 2. The molecule has 0 amide bonds. The van der Waals surface area contributed by atoms with E-state index in [0.717, 1.165) is 17.8 Å². The van der Waals surface area contributed by atoms with Gasteiger partial charge in [0, 0.05) is 12.6 Å². The topological polar surface area (TPSA) is 15.6 Å². The van der Waals surface area contributed by atoms with Gasteiger partial charge in [-0.1, -0.05) is 51.9 Å². The van der Waals surface area contributed by atoms with Crippen molar-refractivity contribution >= 4 is 17.8 Å². The molecule has 1 heterocycles. The molecule has 2 aliphatic rings. The molecule has 3 heteroatoms. The molecule has 2 nitrogen and oxygen atoms in total. The van der Waals surface area contributed by atoms with E-state index in [1.54, 1.807) is 0 Å². The maximum absolute atomic E-state index is 4.75. The molecule has 0 saturated heterocycles. The highest BCUT2D eigenvalue weighted by Gasteiger charge is 2.29. The Hall–Kier alpha value is -0.180. The zero-order valence-electron chi connectivity index (χ0n) is 11.8. The molecule has 0 radical (unpaired) electrons. The van der Waals surface area contributed by atoms with Crippen LogP contribution in [0, 0.1) is 0 Å². The normalized spacial score (nSPS) is 25.6. The van der Waals surface area contributed by atoms with Gasteiger partial charge >= 0.3 is 0 Å². The maximum atomic E-state index is 4.75. The molecule has 1 saturated carbocycles. The molecule has 0 bridgehead atoms. The SMILES string of the molecule is CCCCCCC1CN(C2CCCCC2)C(S)=N1. The van der Waals surface area contributed by atoms with Crippen molar-refractivity contribution < 1.29 is 0 Å². The fraction of sp³-hybridized carbons (Fsp3) is 0.933. The summed E-state index contributed by atoms with van der Waals surface area (Å²) in [7, 11) is 0. The Kier molecular flexibility index (Phi) is 5.87. The zero-order chi connectivity index (χ0) is 12.8. The van der Waals surface area contributed by atoms with Crippen LogP contribution in [0.3, 0.4) is 0 Å². The van der Waals surface area contributed by atoms with E-state index in [-0.39, 0.29) is 0 Å². The molecule has 1 unspecified atom stereocenters. The number of hydrogen-bond acceptors (Lipinski definition) is 2. The van der Waals surface area contributed by atoms with Crippen molar-refractivity contribution in [3.05, 3.63) is 0 Å². The van der Waals surface area contributed by atoms with Gasteiger partial charge in [-0.05, 0) is 19.3 Å². The van der Waals surface area contributed by atoms with E-state index >= 15 is 0 Å². The summed E-state index contributed by atoms with van der Waals surface area (Å²) in [5.74, 6) is 0. The van der Waals surface area contributed by atoms with Gasteiger partial charge in [-0.2, -0.15) is 0 Å². The summed E-state index contributed by atoms with van der Waals surface area (Å²) in [6, 6.07) is 1.26. The molecule has 1 aliphatic carbocycles. The molecule has 0 aromatic carbocycles. The van der Waals surface area contributed by atoms with Crippen LogP contribution in [0.25, 0.3) is 0 Å². The van der Waals surface area contributed by atoms with E-state index < -0.39 is 0 Å². The summed E-state index contributed by atoms with van der Waals surface area (Å²) in [5.41, 5.74) is 0. The van der Waals surface area contributed by atoms with Crippen molar-refractivity contribution in [3.8, 4) is 0 Å². The Bertz CT molecular complexity index is 272. The van der Waals surface area contributed by atoms with Gasteiger partial charge in [-0.25, -0.2) is 0 Å². The number of amidine groups is 1. The van der Waals surface area contributed by atoms with Crippen LogP contribution < -0.4 is 0 Å². The standard InChI is InChI=1S/C15H28N2S/c1-2-3-4-6-9-13-12-17(15(18)16-13)14-10-7-5-8-11-14/h13-14H,2-12H2,1H3,(H,16,18). The second kappa shape index (κ2) is 7.42. The molecule has 0 spiro atoms. The van der Waals surface area contributed by atoms with Gasteiger partial charge in [-0.15, -0.1) is 12.6 Å². The van der Waals surface area contributed by atoms with E-state index in [2.05, 4.69) is 24.5 Å². The Labute approximate surface area is 118 Å². The van der Waals surface area contributed by atoms with Gasteiger partial charge in [0.25, 0.3) is 0 Å². The molecule has 1 aliphatic heterocycles. The predicted octanol–water partition coefficient (Wildman–Crippen LogP) is 4.26. The van der Waals surface area contributed by atoms with Crippen LogP contribution in [-0.2, 0) is 0 Å². The van der Waals surface area contributed by atoms with Gasteiger partial charge in [0.05, 0.1) is 6.04 Å². The minimum Gasteiger partial charge on any atom is -0.347 e. The number of hydrogen-bond donors (Lipinski definition) is 1. The first-order valence-electron chi connectivity index (χ1n) is 7.84. The summed E-state index contributed by atoms with van der Waals surface area (Å²) in [4.78, 5) is 7.23. The van der Waals surface area contributed by atoms with Gasteiger partial charge in [-0.3, -0.25) is 4.99 Å². The highest BCUT2D eigenvalue weighted by Crippen LogP contribution is 2.27. The lowest BCUT2D eigenvalue weighted by Gasteiger charge is -2.32. The predicted molar refractivity (Wildman–Crippen MR) is 82.5 cm³/mol.